The first kappa shape index (κ1) is 14.8. The number of benzene rings is 1. The molecule has 0 bridgehead atoms. The standard InChI is InChI=1S/C13H19ClN2O2S/c1-9-3-6-12(11(14)7-9)19(17,18)16-13(2,8-15)10-4-5-10/h3,6-7,10,16H,4-5,8,15H2,1-2H3/t13-/m1/s1. The van der Waals surface area contributed by atoms with Gasteiger partial charge >= 0.3 is 0 Å². The van der Waals surface area contributed by atoms with Crippen molar-refractivity contribution < 1.29 is 8.42 Å². The molecule has 0 aliphatic heterocycles. The lowest BCUT2D eigenvalue weighted by atomic mass is 9.98. The van der Waals surface area contributed by atoms with Gasteiger partial charge in [0.15, 0.2) is 0 Å². The van der Waals surface area contributed by atoms with Crippen LogP contribution >= 0.6 is 11.6 Å². The van der Waals surface area contributed by atoms with Gasteiger partial charge in [0.2, 0.25) is 10.0 Å². The zero-order valence-electron chi connectivity index (χ0n) is 11.1. The minimum atomic E-state index is -3.64. The van der Waals surface area contributed by atoms with Crippen LogP contribution in [0.1, 0.15) is 25.3 Å². The summed E-state index contributed by atoms with van der Waals surface area (Å²) in [5, 5.41) is 0.239. The molecule has 2 rings (SSSR count). The summed E-state index contributed by atoms with van der Waals surface area (Å²) in [5.74, 6) is 0.316. The number of aryl methyl sites for hydroxylation is 1. The van der Waals surface area contributed by atoms with Gasteiger partial charge in [0, 0.05) is 12.1 Å². The van der Waals surface area contributed by atoms with Crippen molar-refractivity contribution in [1.82, 2.24) is 4.72 Å². The molecular formula is C13H19ClN2O2S. The second kappa shape index (κ2) is 5.05. The van der Waals surface area contributed by atoms with Crippen LogP contribution in [0.25, 0.3) is 0 Å². The first-order chi connectivity index (χ1) is 8.78. The zero-order valence-corrected chi connectivity index (χ0v) is 12.7. The van der Waals surface area contributed by atoms with E-state index in [0.29, 0.717) is 5.92 Å². The maximum absolute atomic E-state index is 12.4. The third kappa shape index (κ3) is 3.11. The molecule has 1 aliphatic rings. The van der Waals surface area contributed by atoms with Gasteiger partial charge in [0.25, 0.3) is 0 Å². The molecule has 1 aliphatic carbocycles. The van der Waals surface area contributed by atoms with E-state index in [-0.39, 0.29) is 16.5 Å². The minimum absolute atomic E-state index is 0.111. The minimum Gasteiger partial charge on any atom is -0.329 e. The molecule has 6 heteroatoms. The monoisotopic (exact) mass is 302 g/mol. The van der Waals surface area contributed by atoms with Crippen molar-refractivity contribution >= 4 is 21.6 Å². The van der Waals surface area contributed by atoms with E-state index in [1.54, 1.807) is 12.1 Å². The number of sulfonamides is 1. The van der Waals surface area contributed by atoms with Crippen LogP contribution < -0.4 is 10.5 Å². The summed E-state index contributed by atoms with van der Waals surface area (Å²) in [6.07, 6.45) is 2.02. The lowest BCUT2D eigenvalue weighted by Gasteiger charge is -2.29. The smallest absolute Gasteiger partial charge is 0.242 e. The van der Waals surface area contributed by atoms with Gasteiger partial charge < -0.3 is 5.73 Å². The van der Waals surface area contributed by atoms with E-state index in [0.717, 1.165) is 18.4 Å². The fraction of sp³-hybridized carbons (Fsp3) is 0.538. The molecule has 1 atom stereocenters. The normalized spacial score (nSPS) is 19.2. The fourth-order valence-electron chi connectivity index (χ4n) is 2.20. The first-order valence-electron chi connectivity index (χ1n) is 6.29. The highest BCUT2D eigenvalue weighted by molar-refractivity contribution is 7.89. The molecule has 1 fully saturated rings. The number of rotatable bonds is 5. The summed E-state index contributed by atoms with van der Waals surface area (Å²) >= 11 is 6.03. The van der Waals surface area contributed by atoms with Crippen molar-refractivity contribution in [3.8, 4) is 0 Å². The topological polar surface area (TPSA) is 72.2 Å². The molecule has 1 saturated carbocycles. The van der Waals surface area contributed by atoms with E-state index in [4.69, 9.17) is 17.3 Å². The summed E-state index contributed by atoms with van der Waals surface area (Å²) in [4.78, 5) is 0.111. The van der Waals surface area contributed by atoms with Gasteiger partial charge in [-0.15, -0.1) is 0 Å². The third-order valence-corrected chi connectivity index (χ3v) is 5.74. The Balaban J connectivity index is 2.32. The predicted octanol–water partition coefficient (Wildman–Crippen LogP) is 2.05. The molecule has 0 heterocycles. The molecule has 4 nitrogen and oxygen atoms in total. The molecule has 19 heavy (non-hydrogen) atoms. The highest BCUT2D eigenvalue weighted by atomic mass is 35.5. The Morgan fingerprint density at radius 2 is 2.11 bits per heavy atom. The summed E-state index contributed by atoms with van der Waals surface area (Å²) < 4.78 is 27.6. The van der Waals surface area contributed by atoms with Gasteiger partial charge in [0.05, 0.1) is 5.02 Å². The number of nitrogens with one attached hydrogen (secondary N) is 1. The van der Waals surface area contributed by atoms with E-state index in [9.17, 15) is 8.42 Å². The summed E-state index contributed by atoms with van der Waals surface area (Å²) in [6.45, 7) is 3.99. The van der Waals surface area contributed by atoms with Crippen LogP contribution in [0.4, 0.5) is 0 Å². The summed E-state index contributed by atoms with van der Waals surface area (Å²) in [6, 6.07) is 4.91. The second-order valence-corrected chi connectivity index (χ2v) is 7.49. The number of halogens is 1. The molecule has 0 aromatic heterocycles. The molecule has 0 amide bonds. The average Bonchev–Trinajstić information content (AvgIpc) is 3.11. The Labute approximate surface area is 119 Å². The van der Waals surface area contributed by atoms with Gasteiger partial charge in [-0.25, -0.2) is 13.1 Å². The first-order valence-corrected chi connectivity index (χ1v) is 8.15. The molecule has 0 saturated heterocycles. The number of hydrogen-bond acceptors (Lipinski definition) is 3. The summed E-state index contributed by atoms with van der Waals surface area (Å²) in [7, 11) is -3.64. The Morgan fingerprint density at radius 3 is 2.58 bits per heavy atom. The molecule has 0 radical (unpaired) electrons. The number of nitrogens with two attached hydrogens (primary N) is 1. The third-order valence-electron chi connectivity index (χ3n) is 3.65. The van der Waals surface area contributed by atoms with Crippen LogP contribution in [-0.2, 0) is 10.0 Å². The van der Waals surface area contributed by atoms with Gasteiger partial charge in [-0.3, -0.25) is 0 Å². The lowest BCUT2D eigenvalue weighted by Crippen LogP contribution is -2.53. The zero-order chi connectivity index (χ0) is 14.3. The maximum atomic E-state index is 12.4. The Bertz CT molecular complexity index is 584. The lowest BCUT2D eigenvalue weighted by molar-refractivity contribution is 0.374. The van der Waals surface area contributed by atoms with Crippen LogP contribution in [0.5, 0.6) is 0 Å². The van der Waals surface area contributed by atoms with Crippen molar-refractivity contribution in [2.45, 2.75) is 37.1 Å². The van der Waals surface area contributed by atoms with Crippen molar-refractivity contribution in [3.63, 3.8) is 0 Å². The molecule has 0 spiro atoms. The Morgan fingerprint density at radius 1 is 1.47 bits per heavy atom. The van der Waals surface area contributed by atoms with Gasteiger partial charge in [-0.2, -0.15) is 0 Å². The van der Waals surface area contributed by atoms with Crippen molar-refractivity contribution in [3.05, 3.63) is 28.8 Å². The SMILES string of the molecule is Cc1ccc(S(=O)(=O)N[C@](C)(CN)C2CC2)c(Cl)c1. The molecule has 1 aromatic rings. The molecule has 106 valence electrons. The van der Waals surface area contributed by atoms with Crippen molar-refractivity contribution in [2.75, 3.05) is 6.54 Å². The van der Waals surface area contributed by atoms with Crippen LogP contribution in [0.3, 0.4) is 0 Å². The van der Waals surface area contributed by atoms with E-state index >= 15 is 0 Å². The number of hydrogen-bond donors (Lipinski definition) is 2. The van der Waals surface area contributed by atoms with Crippen LogP contribution in [-0.4, -0.2) is 20.5 Å². The molecule has 1 aromatic carbocycles. The van der Waals surface area contributed by atoms with Crippen LogP contribution in [0.15, 0.2) is 23.1 Å². The molecule has 3 N–H and O–H groups in total. The average molecular weight is 303 g/mol. The molecular weight excluding hydrogens is 284 g/mol. The van der Waals surface area contributed by atoms with E-state index in [1.165, 1.54) is 6.07 Å². The van der Waals surface area contributed by atoms with Gasteiger partial charge in [-0.05, 0) is 50.3 Å². The van der Waals surface area contributed by atoms with E-state index in [1.807, 2.05) is 13.8 Å². The van der Waals surface area contributed by atoms with E-state index in [2.05, 4.69) is 4.72 Å². The quantitative estimate of drug-likeness (QED) is 0.874. The fourth-order valence-corrected chi connectivity index (χ4v) is 4.27. The summed E-state index contributed by atoms with van der Waals surface area (Å²) in [5.41, 5.74) is 6.07. The van der Waals surface area contributed by atoms with Crippen LogP contribution in [0, 0.1) is 12.8 Å². The molecule has 0 unspecified atom stereocenters. The van der Waals surface area contributed by atoms with Gasteiger partial charge in [0.1, 0.15) is 4.90 Å². The van der Waals surface area contributed by atoms with E-state index < -0.39 is 15.6 Å². The Kier molecular flexibility index (Phi) is 3.93. The Hall–Kier alpha value is -0.620. The second-order valence-electron chi connectivity index (χ2n) is 5.44. The largest absolute Gasteiger partial charge is 0.329 e. The van der Waals surface area contributed by atoms with Crippen molar-refractivity contribution in [2.24, 2.45) is 11.7 Å². The van der Waals surface area contributed by atoms with Gasteiger partial charge in [-0.1, -0.05) is 17.7 Å². The predicted molar refractivity (Wildman–Crippen MR) is 76.7 cm³/mol. The van der Waals surface area contributed by atoms with Crippen molar-refractivity contribution in [1.29, 1.82) is 0 Å². The maximum Gasteiger partial charge on any atom is 0.242 e. The highest BCUT2D eigenvalue weighted by Crippen LogP contribution is 2.40. The van der Waals surface area contributed by atoms with Crippen LogP contribution in [0.2, 0.25) is 5.02 Å². The highest BCUT2D eigenvalue weighted by Gasteiger charge is 2.43.